The first-order valence-corrected chi connectivity index (χ1v) is 9.28. The van der Waals surface area contributed by atoms with E-state index in [1.165, 1.54) is 31.4 Å². The Bertz CT molecular complexity index is 1200. The number of nitrogens with zero attached hydrogens (tertiary/aromatic N) is 1. The molecule has 28 heavy (non-hydrogen) atoms. The fourth-order valence-corrected chi connectivity index (χ4v) is 3.93. The Hall–Kier alpha value is -1.59. The Balaban J connectivity index is 0.00000225. The minimum atomic E-state index is -4.76. The van der Waals surface area contributed by atoms with Crippen molar-refractivity contribution in [3.63, 3.8) is 0 Å². The number of rotatable bonds is 3. The van der Waals surface area contributed by atoms with Crippen molar-refractivity contribution in [1.29, 1.82) is 0 Å². The summed E-state index contributed by atoms with van der Waals surface area (Å²) in [6.07, 6.45) is 0. The summed E-state index contributed by atoms with van der Waals surface area (Å²) in [5, 5.41) is 0.241. The average Bonchev–Trinajstić information content (AvgIpc) is 2.65. The van der Waals surface area contributed by atoms with Gasteiger partial charge in [-0.3, -0.25) is 9.59 Å². The maximum atomic E-state index is 13.0. The van der Waals surface area contributed by atoms with Gasteiger partial charge in [-0.05, 0) is 42.5 Å². The molecule has 0 N–H and O–H groups in total. The van der Waals surface area contributed by atoms with Crippen molar-refractivity contribution in [3.05, 3.63) is 65.7 Å². The second kappa shape index (κ2) is 7.67. The van der Waals surface area contributed by atoms with E-state index in [4.69, 9.17) is 4.74 Å². The number of hydrogen-bond donors (Lipinski definition) is 0. The number of benzene rings is 3. The Labute approximate surface area is 203 Å². The third-order valence-corrected chi connectivity index (χ3v) is 5.36. The molecule has 136 valence electrons. The van der Waals surface area contributed by atoms with Crippen LogP contribution in [0.15, 0.2) is 59.5 Å². The van der Waals surface area contributed by atoms with Gasteiger partial charge in [0.15, 0.2) is 0 Å². The summed E-state index contributed by atoms with van der Waals surface area (Å²) in [6, 6.07) is 13.2. The molecule has 0 saturated carbocycles. The zero-order valence-corrected chi connectivity index (χ0v) is 18.9. The van der Waals surface area contributed by atoms with Gasteiger partial charge in [-0.15, -0.1) is 0 Å². The van der Waals surface area contributed by atoms with Gasteiger partial charge >= 0.3 is 51.4 Å². The van der Waals surface area contributed by atoms with Crippen LogP contribution in [0.1, 0.15) is 20.7 Å². The molecule has 3 aromatic carbocycles. The fourth-order valence-electron chi connectivity index (χ4n) is 3.25. The van der Waals surface area contributed by atoms with Crippen molar-refractivity contribution in [3.8, 4) is 5.75 Å². The molecule has 0 aromatic heterocycles. The third kappa shape index (κ3) is 3.33. The predicted octanol–water partition coefficient (Wildman–Crippen LogP) is -0.443. The molecule has 7 nitrogen and oxygen atoms in total. The zero-order chi connectivity index (χ0) is 19.3. The first kappa shape index (κ1) is 21.1. The van der Waals surface area contributed by atoms with Gasteiger partial charge in [0.1, 0.15) is 15.9 Å². The van der Waals surface area contributed by atoms with Crippen LogP contribution in [0.3, 0.4) is 0 Å². The van der Waals surface area contributed by atoms with E-state index < -0.39 is 26.8 Å². The van der Waals surface area contributed by atoms with Crippen LogP contribution >= 0.6 is 0 Å². The van der Waals surface area contributed by atoms with E-state index in [1.54, 1.807) is 24.3 Å². The molecule has 0 radical (unpaired) electrons. The van der Waals surface area contributed by atoms with E-state index in [0.29, 0.717) is 11.4 Å². The number of carbonyl (C=O) groups excluding carboxylic acids is 2. The number of amides is 2. The summed E-state index contributed by atoms with van der Waals surface area (Å²) in [6.45, 7) is 0. The normalized spacial score (nSPS) is 13.4. The molecule has 1 aliphatic heterocycles. The molecule has 0 spiro atoms. The topological polar surface area (TPSA) is 104 Å². The summed E-state index contributed by atoms with van der Waals surface area (Å²) in [4.78, 5) is 26.5. The van der Waals surface area contributed by atoms with Crippen LogP contribution in [0.25, 0.3) is 10.8 Å². The van der Waals surface area contributed by atoms with Gasteiger partial charge in [0.2, 0.25) is 0 Å². The molecule has 1 heterocycles. The maximum absolute atomic E-state index is 13.0. The quantitative estimate of drug-likeness (QED) is 0.323. The van der Waals surface area contributed by atoms with Gasteiger partial charge in [-0.2, -0.15) is 0 Å². The average molecular weight is 421 g/mol. The molecular formula is C19H12KNO6S. The van der Waals surface area contributed by atoms with E-state index in [1.807, 2.05) is 0 Å². The molecule has 3 aromatic rings. The monoisotopic (exact) mass is 421 g/mol. The SMILES string of the molecule is COc1ccc(N2C(=O)c3cccc4c(S(=O)(=O)[O-])ccc(c34)C2=O)cc1.[K+]. The van der Waals surface area contributed by atoms with Crippen LogP contribution in [0.5, 0.6) is 5.75 Å². The standard InChI is InChI=1S/C19H13NO6S.K/c1-26-12-7-5-11(6-8-12)20-18(21)14-4-2-3-13-16(27(23,24)25)10-9-15(17(13)14)19(20)22;/h2-10H,1H3,(H,23,24,25);/q;+1/p-1. The largest absolute Gasteiger partial charge is 1.00 e. The summed E-state index contributed by atoms with van der Waals surface area (Å²) in [5.41, 5.74) is 0.667. The first-order chi connectivity index (χ1) is 12.8. The van der Waals surface area contributed by atoms with Crippen molar-refractivity contribution in [2.45, 2.75) is 4.90 Å². The molecule has 0 fully saturated rings. The van der Waals surface area contributed by atoms with Crippen LogP contribution in [-0.2, 0) is 10.1 Å². The molecule has 0 bridgehead atoms. The van der Waals surface area contributed by atoms with E-state index >= 15 is 0 Å². The molecule has 4 rings (SSSR count). The molecule has 9 heteroatoms. The number of carbonyl (C=O) groups is 2. The predicted molar refractivity (Wildman–Crippen MR) is 96.0 cm³/mol. The molecular weight excluding hydrogens is 409 g/mol. The van der Waals surface area contributed by atoms with Crippen molar-refractivity contribution in [2.75, 3.05) is 12.0 Å². The summed E-state index contributed by atoms with van der Waals surface area (Å²) in [5.74, 6) is -0.615. The summed E-state index contributed by atoms with van der Waals surface area (Å²) >= 11 is 0. The van der Waals surface area contributed by atoms with Gasteiger partial charge in [0.25, 0.3) is 11.8 Å². The van der Waals surface area contributed by atoms with E-state index in [-0.39, 0.29) is 73.3 Å². The molecule has 1 aliphatic rings. The Kier molecular flexibility index (Phi) is 5.79. The van der Waals surface area contributed by atoms with Crippen LogP contribution in [0.2, 0.25) is 0 Å². The first-order valence-electron chi connectivity index (χ1n) is 7.87. The maximum Gasteiger partial charge on any atom is 1.00 e. The second-order valence-corrected chi connectivity index (χ2v) is 7.29. The minimum Gasteiger partial charge on any atom is -0.744 e. The molecule has 0 unspecified atom stereocenters. The molecule has 2 amide bonds. The Morgan fingerprint density at radius 3 is 2.07 bits per heavy atom. The summed E-state index contributed by atoms with van der Waals surface area (Å²) in [7, 11) is -3.25. The van der Waals surface area contributed by atoms with Crippen LogP contribution in [-0.4, -0.2) is 31.9 Å². The molecule has 0 aliphatic carbocycles. The van der Waals surface area contributed by atoms with Crippen LogP contribution < -0.4 is 61.0 Å². The Morgan fingerprint density at radius 1 is 0.893 bits per heavy atom. The fraction of sp³-hybridized carbons (Fsp3) is 0.0526. The van der Waals surface area contributed by atoms with Gasteiger partial charge < -0.3 is 9.29 Å². The number of ether oxygens (including phenoxy) is 1. The minimum absolute atomic E-state index is 0. The van der Waals surface area contributed by atoms with Gasteiger partial charge in [0, 0.05) is 21.9 Å². The zero-order valence-electron chi connectivity index (χ0n) is 15.0. The van der Waals surface area contributed by atoms with E-state index in [2.05, 4.69) is 0 Å². The Morgan fingerprint density at radius 2 is 1.50 bits per heavy atom. The smallest absolute Gasteiger partial charge is 0.744 e. The van der Waals surface area contributed by atoms with E-state index in [0.717, 1.165) is 11.0 Å². The number of hydrogen-bond acceptors (Lipinski definition) is 6. The second-order valence-electron chi connectivity index (χ2n) is 5.94. The van der Waals surface area contributed by atoms with Crippen LogP contribution in [0, 0.1) is 0 Å². The molecule has 0 saturated heterocycles. The number of imide groups is 1. The van der Waals surface area contributed by atoms with Crippen molar-refractivity contribution in [1.82, 2.24) is 0 Å². The van der Waals surface area contributed by atoms with Crippen molar-refractivity contribution < 1.29 is 78.7 Å². The van der Waals surface area contributed by atoms with Gasteiger partial charge in [0.05, 0.1) is 17.7 Å². The molecule has 0 atom stereocenters. The third-order valence-electron chi connectivity index (χ3n) is 4.47. The van der Waals surface area contributed by atoms with Crippen LogP contribution in [0.4, 0.5) is 5.69 Å². The van der Waals surface area contributed by atoms with E-state index in [9.17, 15) is 22.6 Å². The number of anilines is 1. The number of methoxy groups -OCH3 is 1. The van der Waals surface area contributed by atoms with Crippen molar-refractivity contribution >= 4 is 38.4 Å². The summed E-state index contributed by atoms with van der Waals surface area (Å²) < 4.78 is 39.7. The van der Waals surface area contributed by atoms with Gasteiger partial charge in [-0.1, -0.05) is 12.1 Å². The van der Waals surface area contributed by atoms with Gasteiger partial charge in [-0.25, -0.2) is 13.3 Å². The van der Waals surface area contributed by atoms with Crippen molar-refractivity contribution in [2.24, 2.45) is 0 Å².